The third kappa shape index (κ3) is 11.1. The number of nitrogens with one attached hydrogen (secondary N) is 2. The van der Waals surface area contributed by atoms with Crippen LogP contribution in [0.4, 0.5) is 81.6 Å². The van der Waals surface area contributed by atoms with Crippen molar-refractivity contribution in [3.8, 4) is 22.3 Å². The maximum atomic E-state index is 13.7. The van der Waals surface area contributed by atoms with Gasteiger partial charge in [0.25, 0.3) is 0 Å². The van der Waals surface area contributed by atoms with Gasteiger partial charge in [-0.1, -0.05) is 36.4 Å². The molecule has 0 radical (unpaired) electrons. The van der Waals surface area contributed by atoms with Crippen molar-refractivity contribution < 1.29 is 70.2 Å². The largest absolute Gasteiger partial charge is 0.417 e. The molecular formula is C42H26F16N2. The Balaban J connectivity index is 0.000000228. The molecule has 0 heterocycles. The molecule has 0 saturated heterocycles. The van der Waals surface area contributed by atoms with Gasteiger partial charge in [-0.2, -0.15) is 52.7 Å². The van der Waals surface area contributed by atoms with E-state index in [0.717, 1.165) is 24.3 Å². The molecule has 2 N–H and O–H groups in total. The molecule has 6 aromatic carbocycles. The molecule has 0 bridgehead atoms. The third-order valence-electron chi connectivity index (χ3n) is 8.76. The van der Waals surface area contributed by atoms with Gasteiger partial charge in [0.15, 0.2) is 0 Å². The second-order valence-corrected chi connectivity index (χ2v) is 12.8. The summed E-state index contributed by atoms with van der Waals surface area (Å²) in [6.07, 6.45) is -19.3. The van der Waals surface area contributed by atoms with E-state index in [4.69, 9.17) is 0 Å². The predicted molar refractivity (Wildman–Crippen MR) is 191 cm³/mol. The molecule has 0 saturated carbocycles. The van der Waals surface area contributed by atoms with Crippen molar-refractivity contribution in [2.24, 2.45) is 0 Å². The molecular weight excluding hydrogens is 836 g/mol. The number of rotatable bonds is 8. The van der Waals surface area contributed by atoms with E-state index in [1.165, 1.54) is 60.7 Å². The maximum absolute atomic E-state index is 13.7. The Morgan fingerprint density at radius 1 is 0.350 bits per heavy atom. The summed E-state index contributed by atoms with van der Waals surface area (Å²) in [6.45, 7) is -0.454. The van der Waals surface area contributed by atoms with Crippen LogP contribution < -0.4 is 10.6 Å². The van der Waals surface area contributed by atoms with Crippen LogP contribution in [-0.2, 0) is 37.8 Å². The van der Waals surface area contributed by atoms with E-state index in [9.17, 15) is 70.2 Å². The van der Waals surface area contributed by atoms with E-state index >= 15 is 0 Å². The zero-order valence-electron chi connectivity index (χ0n) is 30.0. The minimum Gasteiger partial charge on any atom is -0.381 e. The highest BCUT2D eigenvalue weighted by Gasteiger charge is 2.38. The first-order chi connectivity index (χ1) is 27.9. The van der Waals surface area contributed by atoms with Gasteiger partial charge in [0.05, 0.1) is 22.3 Å². The summed E-state index contributed by atoms with van der Waals surface area (Å²) in [5.41, 5.74) is -6.04. The van der Waals surface area contributed by atoms with E-state index in [2.05, 4.69) is 10.6 Å². The summed E-state index contributed by atoms with van der Waals surface area (Å²) in [4.78, 5) is 0. The van der Waals surface area contributed by atoms with Crippen LogP contribution in [0, 0.1) is 23.3 Å². The smallest absolute Gasteiger partial charge is 0.381 e. The lowest BCUT2D eigenvalue weighted by Gasteiger charge is -2.16. The molecule has 18 heteroatoms. The Kier molecular flexibility index (Phi) is 13.1. The number of hydrogen-bond acceptors (Lipinski definition) is 2. The first-order valence-corrected chi connectivity index (χ1v) is 17.0. The van der Waals surface area contributed by atoms with E-state index in [1.54, 1.807) is 0 Å². The summed E-state index contributed by atoms with van der Waals surface area (Å²) >= 11 is 0. The van der Waals surface area contributed by atoms with Crippen LogP contribution in [0.2, 0.25) is 0 Å². The predicted octanol–water partition coefficient (Wildman–Crippen LogP) is 14.6. The highest BCUT2D eigenvalue weighted by atomic mass is 19.4. The minimum atomic E-state index is -4.85. The van der Waals surface area contributed by atoms with Crippen LogP contribution >= 0.6 is 0 Å². The average molecular weight is 863 g/mol. The highest BCUT2D eigenvalue weighted by molar-refractivity contribution is 5.72. The number of benzene rings is 6. The Morgan fingerprint density at radius 3 is 0.917 bits per heavy atom. The fourth-order valence-electron chi connectivity index (χ4n) is 5.73. The fraction of sp³-hybridized carbons (Fsp3) is 0.143. The fourth-order valence-corrected chi connectivity index (χ4v) is 5.73. The molecule has 0 aliphatic carbocycles. The van der Waals surface area contributed by atoms with Crippen molar-refractivity contribution in [1.29, 1.82) is 0 Å². The number of hydrogen-bond donors (Lipinski definition) is 2. The second-order valence-electron chi connectivity index (χ2n) is 12.8. The van der Waals surface area contributed by atoms with E-state index in [1.807, 2.05) is 0 Å². The molecule has 0 fully saturated rings. The van der Waals surface area contributed by atoms with Crippen LogP contribution in [0.1, 0.15) is 33.4 Å². The quantitative estimate of drug-likeness (QED) is 0.149. The van der Waals surface area contributed by atoms with Crippen LogP contribution in [0.15, 0.2) is 121 Å². The van der Waals surface area contributed by atoms with Gasteiger partial charge in [0, 0.05) is 35.6 Å². The van der Waals surface area contributed by atoms with Crippen molar-refractivity contribution in [2.45, 2.75) is 37.8 Å². The SMILES string of the molecule is Fc1cccc(F)c1CNc1ccc(-c2cc(C(F)(F)F)ccc2C(F)(F)F)cc1.Fc1cccc(F)c1CNc1ccc(-c2cc(C(F)(F)F)ccc2C(F)(F)F)cc1. The van der Waals surface area contributed by atoms with Gasteiger partial charge in [0.2, 0.25) is 0 Å². The molecule has 60 heavy (non-hydrogen) atoms. The number of anilines is 2. The molecule has 0 amide bonds. The molecule has 0 spiro atoms. The molecule has 316 valence electrons. The van der Waals surface area contributed by atoms with Crippen molar-refractivity contribution in [3.63, 3.8) is 0 Å². The Morgan fingerprint density at radius 2 is 0.650 bits per heavy atom. The van der Waals surface area contributed by atoms with Gasteiger partial charge >= 0.3 is 24.7 Å². The molecule has 0 aliphatic heterocycles. The van der Waals surface area contributed by atoms with E-state index < -0.39 is 81.4 Å². The molecule has 0 aliphatic rings. The summed E-state index contributed by atoms with van der Waals surface area (Å²) in [5, 5.41) is 5.44. The molecule has 0 unspecified atom stereocenters. The van der Waals surface area contributed by atoms with Crippen LogP contribution in [0.25, 0.3) is 22.3 Å². The molecule has 0 atom stereocenters. The van der Waals surface area contributed by atoms with Crippen LogP contribution in [0.3, 0.4) is 0 Å². The lowest BCUT2D eigenvalue weighted by Crippen LogP contribution is -2.11. The Labute approximate surface area is 330 Å². The first kappa shape index (κ1) is 44.9. The zero-order valence-corrected chi connectivity index (χ0v) is 30.0. The number of halogens is 16. The summed E-state index contributed by atoms with van der Waals surface area (Å²) < 4.78 is 212. The monoisotopic (exact) mass is 862 g/mol. The van der Waals surface area contributed by atoms with Crippen molar-refractivity contribution in [2.75, 3.05) is 10.6 Å². The second kappa shape index (κ2) is 17.6. The first-order valence-electron chi connectivity index (χ1n) is 17.0. The normalized spacial score (nSPS) is 12.1. The Bertz CT molecular complexity index is 2200. The minimum absolute atomic E-state index is 0.0870. The third-order valence-corrected chi connectivity index (χ3v) is 8.76. The molecule has 0 aromatic heterocycles. The Hall–Kier alpha value is -6.20. The maximum Gasteiger partial charge on any atom is 0.417 e. The number of alkyl halides is 12. The van der Waals surface area contributed by atoms with Gasteiger partial charge in [-0.3, -0.25) is 0 Å². The highest BCUT2D eigenvalue weighted by Crippen LogP contribution is 2.42. The summed E-state index contributed by atoms with van der Waals surface area (Å²) in [7, 11) is 0. The van der Waals surface area contributed by atoms with E-state index in [0.29, 0.717) is 47.8 Å². The molecule has 6 aromatic rings. The van der Waals surface area contributed by atoms with Gasteiger partial charge < -0.3 is 10.6 Å². The van der Waals surface area contributed by atoms with Crippen LogP contribution in [0.5, 0.6) is 0 Å². The van der Waals surface area contributed by atoms with Gasteiger partial charge in [-0.05, 0) is 107 Å². The van der Waals surface area contributed by atoms with E-state index in [-0.39, 0.29) is 35.3 Å². The van der Waals surface area contributed by atoms with Crippen molar-refractivity contribution in [1.82, 2.24) is 0 Å². The van der Waals surface area contributed by atoms with Crippen molar-refractivity contribution in [3.05, 3.63) is 178 Å². The van der Waals surface area contributed by atoms with Gasteiger partial charge in [-0.15, -0.1) is 0 Å². The molecule has 6 rings (SSSR count). The zero-order chi connectivity index (χ0) is 44.2. The lowest BCUT2D eigenvalue weighted by atomic mass is 9.96. The summed E-state index contributed by atoms with van der Waals surface area (Å²) in [5.74, 6) is -3.06. The standard InChI is InChI=1S/2C21H13F8N/c2*22-18-2-1-3-19(23)16(18)11-30-14-7-4-12(5-8-14)15-10-13(20(24,25)26)6-9-17(15)21(27,28)29/h2*1-10,30H,11H2. The van der Waals surface area contributed by atoms with Gasteiger partial charge in [-0.25, -0.2) is 17.6 Å². The van der Waals surface area contributed by atoms with Gasteiger partial charge in [0.1, 0.15) is 23.3 Å². The van der Waals surface area contributed by atoms with Crippen molar-refractivity contribution >= 4 is 11.4 Å². The topological polar surface area (TPSA) is 24.1 Å². The summed E-state index contributed by atoms with van der Waals surface area (Å²) in [6, 6.07) is 19.2. The average Bonchev–Trinajstić information content (AvgIpc) is 3.16. The molecule has 2 nitrogen and oxygen atoms in total. The van der Waals surface area contributed by atoms with Crippen LogP contribution in [-0.4, -0.2) is 0 Å². The lowest BCUT2D eigenvalue weighted by molar-refractivity contribution is -0.141.